The van der Waals surface area contributed by atoms with Gasteiger partial charge in [0.25, 0.3) is 0 Å². The van der Waals surface area contributed by atoms with Crippen molar-refractivity contribution in [2.24, 2.45) is 0 Å². The maximum atomic E-state index is 6.08. The minimum absolute atomic E-state index is 0.265. The molecule has 5 rings (SSSR count). The number of pyridine rings is 2. The highest BCUT2D eigenvalue weighted by Gasteiger charge is 2.43. The summed E-state index contributed by atoms with van der Waals surface area (Å²) >= 11 is 6.08. The number of allylic oxidation sites excluding steroid dienone is 2. The Morgan fingerprint density at radius 1 is 0.929 bits per heavy atom. The molecule has 1 aliphatic rings. The minimum Gasteiger partial charge on any atom is -0.285 e. The molecule has 0 amide bonds. The van der Waals surface area contributed by atoms with Crippen molar-refractivity contribution >= 4 is 17.2 Å². The Labute approximate surface area is 168 Å². The normalized spacial score (nSPS) is 15.1. The number of halogens is 1. The molecule has 0 bridgehead atoms. The molecule has 0 aliphatic heterocycles. The van der Waals surface area contributed by atoms with Crippen LogP contribution in [0.4, 0.5) is 0 Å². The third kappa shape index (κ3) is 2.49. The van der Waals surface area contributed by atoms with Crippen molar-refractivity contribution in [1.29, 1.82) is 0 Å². The van der Waals surface area contributed by atoms with E-state index in [1.807, 2.05) is 36.5 Å². The van der Waals surface area contributed by atoms with Crippen LogP contribution in [0.5, 0.6) is 0 Å². The lowest BCUT2D eigenvalue weighted by Gasteiger charge is -2.20. The number of hydrogen-bond donors (Lipinski definition) is 0. The second kappa shape index (κ2) is 6.01. The van der Waals surface area contributed by atoms with Crippen LogP contribution < -0.4 is 4.57 Å². The molecular formula is C23H20ClN4+. The second-order valence-electron chi connectivity index (χ2n) is 7.69. The van der Waals surface area contributed by atoms with E-state index in [1.54, 1.807) is 0 Å². The fourth-order valence-electron chi connectivity index (χ4n) is 3.87. The van der Waals surface area contributed by atoms with Crippen LogP contribution in [0.2, 0.25) is 5.02 Å². The lowest BCUT2D eigenvalue weighted by Crippen LogP contribution is -2.52. The van der Waals surface area contributed by atoms with Gasteiger partial charge >= 0.3 is 0 Å². The number of fused-ring (bicyclic) bond motifs is 1. The van der Waals surface area contributed by atoms with Gasteiger partial charge < -0.3 is 0 Å². The van der Waals surface area contributed by atoms with Gasteiger partial charge in [-0.3, -0.25) is 4.40 Å². The van der Waals surface area contributed by atoms with Crippen molar-refractivity contribution < 1.29 is 4.57 Å². The highest BCUT2D eigenvalue weighted by Crippen LogP contribution is 2.44. The zero-order valence-electron chi connectivity index (χ0n) is 15.7. The number of benzene rings is 1. The smallest absolute Gasteiger partial charge is 0.191 e. The van der Waals surface area contributed by atoms with Gasteiger partial charge in [-0.1, -0.05) is 42.0 Å². The SMILES string of the molecule is CC(C)(c1cccn2c(C3(c4ccc(Cl)cc4)C=C3)nnc12)[n+]1ccccc1. The summed E-state index contributed by atoms with van der Waals surface area (Å²) in [4.78, 5) is 0. The van der Waals surface area contributed by atoms with Crippen LogP contribution in [0, 0.1) is 0 Å². The fraction of sp³-hybridized carbons (Fsp3) is 0.174. The van der Waals surface area contributed by atoms with Gasteiger partial charge in [0.15, 0.2) is 29.4 Å². The van der Waals surface area contributed by atoms with E-state index < -0.39 is 0 Å². The van der Waals surface area contributed by atoms with Crippen LogP contribution in [-0.4, -0.2) is 14.6 Å². The summed E-state index contributed by atoms with van der Waals surface area (Å²) in [5.41, 5.74) is 2.57. The van der Waals surface area contributed by atoms with Gasteiger partial charge in [0.1, 0.15) is 0 Å². The van der Waals surface area contributed by atoms with Crippen LogP contribution in [0.3, 0.4) is 0 Å². The molecule has 5 heteroatoms. The van der Waals surface area contributed by atoms with E-state index in [2.05, 4.69) is 81.8 Å². The number of rotatable bonds is 4. The van der Waals surface area contributed by atoms with Crippen LogP contribution in [0.25, 0.3) is 5.65 Å². The molecule has 1 aromatic carbocycles. The second-order valence-corrected chi connectivity index (χ2v) is 8.13. The quantitative estimate of drug-likeness (QED) is 0.386. The summed E-state index contributed by atoms with van der Waals surface area (Å²) < 4.78 is 4.30. The average Bonchev–Trinajstić information content (AvgIpc) is 3.40. The summed E-state index contributed by atoms with van der Waals surface area (Å²) in [6.45, 7) is 4.39. The molecule has 28 heavy (non-hydrogen) atoms. The molecule has 4 nitrogen and oxygen atoms in total. The Balaban J connectivity index is 1.65. The molecule has 0 saturated carbocycles. The molecule has 0 atom stereocenters. The van der Waals surface area contributed by atoms with E-state index in [-0.39, 0.29) is 11.0 Å². The van der Waals surface area contributed by atoms with Gasteiger partial charge in [0.05, 0.1) is 11.0 Å². The third-order valence-corrected chi connectivity index (χ3v) is 5.90. The van der Waals surface area contributed by atoms with E-state index >= 15 is 0 Å². The van der Waals surface area contributed by atoms with Crippen LogP contribution >= 0.6 is 11.6 Å². The van der Waals surface area contributed by atoms with Crippen LogP contribution in [0.1, 0.15) is 30.8 Å². The van der Waals surface area contributed by atoms with E-state index in [4.69, 9.17) is 11.6 Å². The summed E-state index contributed by atoms with van der Waals surface area (Å²) in [6, 6.07) is 18.2. The lowest BCUT2D eigenvalue weighted by molar-refractivity contribution is -0.747. The van der Waals surface area contributed by atoms with Gasteiger partial charge in [0, 0.05) is 37.2 Å². The van der Waals surface area contributed by atoms with Crippen molar-refractivity contribution in [3.63, 3.8) is 0 Å². The average molecular weight is 388 g/mol. The Kier molecular flexibility index (Phi) is 3.68. The molecule has 3 heterocycles. The fourth-order valence-corrected chi connectivity index (χ4v) is 3.99. The topological polar surface area (TPSA) is 34.1 Å². The molecule has 1 aliphatic carbocycles. The third-order valence-electron chi connectivity index (χ3n) is 5.65. The molecule has 0 radical (unpaired) electrons. The molecule has 138 valence electrons. The molecule has 0 fully saturated rings. The maximum absolute atomic E-state index is 6.08. The first-order valence-corrected chi connectivity index (χ1v) is 9.68. The molecule has 0 saturated heterocycles. The van der Waals surface area contributed by atoms with E-state index in [9.17, 15) is 0 Å². The highest BCUT2D eigenvalue weighted by molar-refractivity contribution is 6.30. The van der Waals surface area contributed by atoms with E-state index in [0.29, 0.717) is 0 Å². The highest BCUT2D eigenvalue weighted by atomic mass is 35.5. The number of nitrogens with zero attached hydrogens (tertiary/aromatic N) is 4. The summed E-state index contributed by atoms with van der Waals surface area (Å²) in [5, 5.41) is 9.93. The summed E-state index contributed by atoms with van der Waals surface area (Å²) in [7, 11) is 0. The molecule has 0 N–H and O–H groups in total. The first-order chi connectivity index (χ1) is 13.5. The molecule has 0 spiro atoms. The van der Waals surface area contributed by atoms with Crippen molar-refractivity contribution in [2.45, 2.75) is 24.8 Å². The van der Waals surface area contributed by atoms with Gasteiger partial charge in [-0.05, 0) is 29.8 Å². The Bertz CT molecular complexity index is 1180. The summed E-state index contributed by atoms with van der Waals surface area (Å²) in [5.74, 6) is 0.903. The van der Waals surface area contributed by atoms with Crippen molar-refractivity contribution in [3.8, 4) is 0 Å². The first kappa shape index (κ1) is 17.1. The number of aromatic nitrogens is 4. The monoisotopic (exact) mass is 387 g/mol. The maximum Gasteiger partial charge on any atom is 0.191 e. The predicted molar refractivity (Wildman–Crippen MR) is 109 cm³/mol. The van der Waals surface area contributed by atoms with E-state index in [0.717, 1.165) is 27.6 Å². The number of hydrogen-bond acceptors (Lipinski definition) is 2. The van der Waals surface area contributed by atoms with Crippen molar-refractivity contribution in [2.75, 3.05) is 0 Å². The molecule has 3 aromatic heterocycles. The molecule has 0 unspecified atom stereocenters. The summed E-state index contributed by atoms with van der Waals surface area (Å²) in [6.07, 6.45) is 10.5. The van der Waals surface area contributed by atoms with Crippen LogP contribution in [0.15, 0.2) is 85.3 Å². The van der Waals surface area contributed by atoms with Gasteiger partial charge in [-0.15, -0.1) is 10.2 Å². The largest absolute Gasteiger partial charge is 0.285 e. The zero-order valence-corrected chi connectivity index (χ0v) is 16.5. The zero-order chi connectivity index (χ0) is 19.4. The molecular weight excluding hydrogens is 368 g/mol. The standard InChI is InChI=1S/C23H20ClN4/c1-22(2,27-14-4-3-5-15-27)19-7-6-16-28-20(19)25-26-21(28)23(12-13-23)17-8-10-18(24)11-9-17/h3-16H,1-2H3/q+1. The Hall–Kier alpha value is -2.98. The Morgan fingerprint density at radius 2 is 1.64 bits per heavy atom. The first-order valence-electron chi connectivity index (χ1n) is 9.30. The van der Waals surface area contributed by atoms with Crippen molar-refractivity contribution in [1.82, 2.24) is 14.6 Å². The van der Waals surface area contributed by atoms with Gasteiger partial charge in [-0.2, -0.15) is 4.57 Å². The lowest BCUT2D eigenvalue weighted by atomic mass is 9.92. The predicted octanol–water partition coefficient (Wildman–Crippen LogP) is 4.31. The Morgan fingerprint density at radius 3 is 2.32 bits per heavy atom. The molecule has 4 aromatic rings. The van der Waals surface area contributed by atoms with E-state index in [1.165, 1.54) is 0 Å². The van der Waals surface area contributed by atoms with Crippen molar-refractivity contribution in [3.05, 3.63) is 107 Å². The van der Waals surface area contributed by atoms with Gasteiger partial charge in [-0.25, -0.2) is 0 Å². The van der Waals surface area contributed by atoms with Crippen LogP contribution in [-0.2, 0) is 11.0 Å². The van der Waals surface area contributed by atoms with Gasteiger partial charge in [0.2, 0.25) is 0 Å². The minimum atomic E-state index is -0.313.